The summed E-state index contributed by atoms with van der Waals surface area (Å²) in [6, 6.07) is 12.8. The summed E-state index contributed by atoms with van der Waals surface area (Å²) in [4.78, 5) is 6.93. The van der Waals surface area contributed by atoms with E-state index in [1.54, 1.807) is 0 Å². The molecule has 0 fully saturated rings. The van der Waals surface area contributed by atoms with Crippen molar-refractivity contribution in [2.24, 2.45) is 0 Å². The van der Waals surface area contributed by atoms with Gasteiger partial charge in [0.25, 0.3) is 0 Å². The van der Waals surface area contributed by atoms with Gasteiger partial charge in [-0.1, -0.05) is 43.2 Å². The maximum absolute atomic E-state index is 6.01. The highest BCUT2D eigenvalue weighted by Gasteiger charge is 2.07. The van der Waals surface area contributed by atoms with E-state index in [9.17, 15) is 0 Å². The minimum absolute atomic E-state index is 0.532. The van der Waals surface area contributed by atoms with Gasteiger partial charge in [-0.2, -0.15) is 0 Å². The number of benzene rings is 1. The van der Waals surface area contributed by atoms with Crippen LogP contribution in [0.25, 0.3) is 0 Å². The molecule has 2 rings (SSSR count). The highest BCUT2D eigenvalue weighted by Crippen LogP contribution is 2.19. The number of hydrogen-bond acceptors (Lipinski definition) is 2. The molecule has 0 atom stereocenters. The lowest BCUT2D eigenvalue weighted by Gasteiger charge is -2.20. The van der Waals surface area contributed by atoms with E-state index in [2.05, 4.69) is 62.2 Å². The Balaban J connectivity index is 2.19. The molecule has 0 N–H and O–H groups in total. The van der Waals surface area contributed by atoms with Gasteiger partial charge in [0, 0.05) is 25.2 Å². The number of nitrogens with zero attached hydrogens (tertiary/aromatic N) is 2. The van der Waals surface area contributed by atoms with Crippen LogP contribution in [0, 0.1) is 6.92 Å². The minimum Gasteiger partial charge on any atom is -0.355 e. The first-order valence-electron chi connectivity index (χ1n) is 7.45. The first-order chi connectivity index (χ1) is 10.1. The first-order valence-corrected chi connectivity index (χ1v) is 7.98. The topological polar surface area (TPSA) is 16.1 Å². The number of halogens is 1. The molecule has 0 radical (unpaired) electrons. The Hall–Kier alpha value is -1.54. The summed E-state index contributed by atoms with van der Waals surface area (Å²) < 4.78 is 0. The van der Waals surface area contributed by atoms with Crippen LogP contribution in [0.1, 0.15) is 35.7 Å². The molecule has 1 aromatic carbocycles. The summed E-state index contributed by atoms with van der Waals surface area (Å²) in [7, 11) is 2.08. The fraction of sp³-hybridized carbons (Fsp3) is 0.389. The molecule has 1 aromatic heterocycles. The van der Waals surface area contributed by atoms with Crippen molar-refractivity contribution in [1.82, 2.24) is 4.98 Å². The van der Waals surface area contributed by atoms with Gasteiger partial charge in [-0.25, -0.2) is 4.98 Å². The Labute approximate surface area is 132 Å². The van der Waals surface area contributed by atoms with Crippen LogP contribution in [0.3, 0.4) is 0 Å². The Morgan fingerprint density at radius 2 is 1.81 bits per heavy atom. The van der Waals surface area contributed by atoms with Gasteiger partial charge in [-0.15, -0.1) is 11.6 Å². The smallest absolute Gasteiger partial charge is 0.129 e. The third-order valence-corrected chi connectivity index (χ3v) is 3.83. The lowest BCUT2D eigenvalue weighted by molar-refractivity contribution is 0.846. The molecule has 0 amide bonds. The third-order valence-electron chi connectivity index (χ3n) is 3.52. The summed E-state index contributed by atoms with van der Waals surface area (Å²) in [6.45, 7) is 5.13. The molecule has 0 aliphatic heterocycles. The molecule has 112 valence electrons. The molecule has 0 spiro atoms. The van der Waals surface area contributed by atoms with Crippen molar-refractivity contribution in [2.45, 2.75) is 39.1 Å². The van der Waals surface area contributed by atoms with Crippen LogP contribution >= 0.6 is 11.6 Å². The van der Waals surface area contributed by atoms with Crippen LogP contribution in [0.4, 0.5) is 5.82 Å². The number of aromatic nitrogens is 1. The quantitative estimate of drug-likeness (QED) is 0.718. The van der Waals surface area contributed by atoms with E-state index in [1.807, 2.05) is 0 Å². The summed E-state index contributed by atoms with van der Waals surface area (Å²) >= 11 is 6.01. The SMILES string of the molecule is CCCc1cc(CCl)cc(N(C)Cc2ccc(C)cc2)n1. The number of pyridine rings is 1. The standard InChI is InChI=1S/C18H23ClN2/c1-4-5-17-10-16(12-19)11-18(20-17)21(3)13-15-8-6-14(2)7-9-15/h6-11H,4-5,12-13H2,1-3H3. The van der Waals surface area contributed by atoms with Crippen LogP contribution in [-0.4, -0.2) is 12.0 Å². The predicted octanol–water partition coefficient (Wildman–Crippen LogP) is 4.72. The van der Waals surface area contributed by atoms with E-state index in [0.29, 0.717) is 5.88 Å². The van der Waals surface area contributed by atoms with Crippen LogP contribution < -0.4 is 4.90 Å². The highest BCUT2D eigenvalue weighted by molar-refractivity contribution is 6.17. The van der Waals surface area contributed by atoms with Gasteiger partial charge in [0.2, 0.25) is 0 Å². The van der Waals surface area contributed by atoms with Crippen molar-refractivity contribution in [3.05, 3.63) is 58.8 Å². The predicted molar refractivity (Wildman–Crippen MR) is 91.1 cm³/mol. The zero-order valence-electron chi connectivity index (χ0n) is 13.1. The average Bonchev–Trinajstić information content (AvgIpc) is 2.49. The van der Waals surface area contributed by atoms with Crippen molar-refractivity contribution in [1.29, 1.82) is 0 Å². The fourth-order valence-corrected chi connectivity index (χ4v) is 2.49. The van der Waals surface area contributed by atoms with Crippen LogP contribution in [-0.2, 0) is 18.8 Å². The van der Waals surface area contributed by atoms with Crippen LogP contribution in [0.5, 0.6) is 0 Å². The van der Waals surface area contributed by atoms with Gasteiger partial charge >= 0.3 is 0 Å². The number of rotatable bonds is 6. The van der Waals surface area contributed by atoms with Gasteiger partial charge in [-0.05, 0) is 36.6 Å². The van der Waals surface area contributed by atoms with Crippen molar-refractivity contribution in [3.63, 3.8) is 0 Å². The van der Waals surface area contributed by atoms with Crippen molar-refractivity contribution in [2.75, 3.05) is 11.9 Å². The largest absolute Gasteiger partial charge is 0.355 e. The van der Waals surface area contributed by atoms with Gasteiger partial charge in [-0.3, -0.25) is 0 Å². The normalized spacial score (nSPS) is 10.7. The van der Waals surface area contributed by atoms with Gasteiger partial charge in [0.1, 0.15) is 5.82 Å². The van der Waals surface area contributed by atoms with E-state index >= 15 is 0 Å². The van der Waals surface area contributed by atoms with Crippen molar-refractivity contribution in [3.8, 4) is 0 Å². The molecule has 0 aliphatic rings. The lowest BCUT2D eigenvalue weighted by atomic mass is 10.1. The van der Waals surface area contributed by atoms with Crippen LogP contribution in [0.15, 0.2) is 36.4 Å². The maximum Gasteiger partial charge on any atom is 0.129 e. The van der Waals surface area contributed by atoms with Crippen LogP contribution in [0.2, 0.25) is 0 Å². The number of hydrogen-bond donors (Lipinski definition) is 0. The van der Waals surface area contributed by atoms with E-state index in [4.69, 9.17) is 16.6 Å². The number of aryl methyl sites for hydroxylation is 2. The molecule has 3 heteroatoms. The van der Waals surface area contributed by atoms with E-state index < -0.39 is 0 Å². The van der Waals surface area contributed by atoms with Gasteiger partial charge in [0.15, 0.2) is 0 Å². The zero-order chi connectivity index (χ0) is 15.2. The van der Waals surface area contributed by atoms with E-state index in [0.717, 1.165) is 36.5 Å². The molecular weight excluding hydrogens is 280 g/mol. The molecule has 0 aliphatic carbocycles. The second-order valence-electron chi connectivity index (χ2n) is 5.55. The monoisotopic (exact) mass is 302 g/mol. The van der Waals surface area contributed by atoms with E-state index in [1.165, 1.54) is 11.1 Å². The molecule has 0 unspecified atom stereocenters. The third kappa shape index (κ3) is 4.47. The Morgan fingerprint density at radius 3 is 2.43 bits per heavy atom. The molecule has 0 bridgehead atoms. The highest BCUT2D eigenvalue weighted by atomic mass is 35.5. The second kappa shape index (κ2) is 7.46. The summed E-state index contributed by atoms with van der Waals surface area (Å²) in [6.07, 6.45) is 2.09. The average molecular weight is 303 g/mol. The van der Waals surface area contributed by atoms with E-state index in [-0.39, 0.29) is 0 Å². The Kier molecular flexibility index (Phi) is 5.63. The van der Waals surface area contributed by atoms with Gasteiger partial charge in [0.05, 0.1) is 0 Å². The molecular formula is C18H23ClN2. The summed E-state index contributed by atoms with van der Waals surface area (Å²) in [5.41, 5.74) is 4.84. The molecule has 21 heavy (non-hydrogen) atoms. The molecule has 2 aromatic rings. The fourth-order valence-electron chi connectivity index (χ4n) is 2.34. The first kappa shape index (κ1) is 15.8. The van der Waals surface area contributed by atoms with Crippen molar-refractivity contribution >= 4 is 17.4 Å². The Bertz CT molecular complexity index is 578. The van der Waals surface area contributed by atoms with Crippen molar-refractivity contribution < 1.29 is 0 Å². The minimum atomic E-state index is 0.532. The van der Waals surface area contributed by atoms with Gasteiger partial charge < -0.3 is 4.90 Å². The lowest BCUT2D eigenvalue weighted by Crippen LogP contribution is -2.18. The maximum atomic E-state index is 6.01. The zero-order valence-corrected chi connectivity index (χ0v) is 13.8. The number of anilines is 1. The second-order valence-corrected chi connectivity index (χ2v) is 5.82. The number of alkyl halides is 1. The summed E-state index contributed by atoms with van der Waals surface area (Å²) in [5, 5.41) is 0. The molecule has 1 heterocycles. The molecule has 0 saturated heterocycles. The Morgan fingerprint density at radius 1 is 1.10 bits per heavy atom. The molecule has 0 saturated carbocycles. The molecule has 2 nitrogen and oxygen atoms in total. The summed E-state index contributed by atoms with van der Waals surface area (Å²) in [5.74, 6) is 1.53.